The molecule has 0 aromatic carbocycles. The van der Waals surface area contributed by atoms with Crippen LogP contribution in [0.15, 0.2) is 11.4 Å². The van der Waals surface area contributed by atoms with Crippen molar-refractivity contribution in [2.45, 2.75) is 45.1 Å². The number of hydrogen-bond acceptors (Lipinski definition) is 4. The lowest BCUT2D eigenvalue weighted by atomic mass is 10.2. The predicted octanol–water partition coefficient (Wildman–Crippen LogP) is 3.81. The summed E-state index contributed by atoms with van der Waals surface area (Å²) in [6.45, 7) is 1.98. The topological polar surface area (TPSA) is 33.2 Å². The van der Waals surface area contributed by atoms with Crippen molar-refractivity contribution in [3.63, 3.8) is 0 Å². The first kappa shape index (κ1) is 12.5. The Balaban J connectivity index is 1.67. The molecule has 2 aromatic heterocycles. The second-order valence-corrected chi connectivity index (χ2v) is 7.56. The van der Waals surface area contributed by atoms with E-state index < -0.39 is 0 Å². The smallest absolute Gasteiger partial charge is 0.270 e. The molecule has 0 aliphatic heterocycles. The number of fused-ring (bicyclic) bond motifs is 1. The van der Waals surface area contributed by atoms with E-state index in [1.165, 1.54) is 16.9 Å². The van der Waals surface area contributed by atoms with Crippen molar-refractivity contribution in [1.29, 1.82) is 0 Å². The summed E-state index contributed by atoms with van der Waals surface area (Å²) in [5.74, 6) is 0.154. The van der Waals surface area contributed by atoms with Crippen molar-refractivity contribution in [3.05, 3.63) is 32.5 Å². The van der Waals surface area contributed by atoms with Gasteiger partial charge in [-0.25, -0.2) is 4.98 Å². The third-order valence-corrected chi connectivity index (χ3v) is 6.08. The zero-order valence-corrected chi connectivity index (χ0v) is 13.0. The number of aryl methyl sites for hydroxylation is 3. The highest BCUT2D eigenvalue weighted by molar-refractivity contribution is 7.15. The van der Waals surface area contributed by atoms with Gasteiger partial charge in [-0.1, -0.05) is 0 Å². The van der Waals surface area contributed by atoms with Crippen LogP contribution in [0.2, 0.25) is 0 Å². The van der Waals surface area contributed by atoms with Gasteiger partial charge in [-0.3, -0.25) is 9.69 Å². The second-order valence-electron chi connectivity index (χ2n) is 5.59. The van der Waals surface area contributed by atoms with Crippen LogP contribution >= 0.6 is 22.7 Å². The Labute approximate surface area is 126 Å². The van der Waals surface area contributed by atoms with Crippen LogP contribution in [0.3, 0.4) is 0 Å². The van der Waals surface area contributed by atoms with E-state index >= 15 is 0 Å². The lowest BCUT2D eigenvalue weighted by Gasteiger charge is -2.18. The van der Waals surface area contributed by atoms with Gasteiger partial charge < -0.3 is 0 Å². The average Bonchev–Trinajstić information content (AvgIpc) is 2.83. The Bertz CT molecular complexity index is 648. The number of carbonyl (C=O) groups is 1. The van der Waals surface area contributed by atoms with Gasteiger partial charge >= 0.3 is 0 Å². The molecule has 1 saturated carbocycles. The molecule has 0 radical (unpaired) electrons. The third-order valence-electron chi connectivity index (χ3n) is 3.90. The number of hydrogen-bond donors (Lipinski definition) is 0. The standard InChI is InChI=1S/C15H16N2OS2/c1-9-8-19-15(16-9)17(11-5-6-11)14(18)13-7-10-3-2-4-12(10)20-13/h7-8,11H,2-6H2,1H3. The maximum absolute atomic E-state index is 12.8. The van der Waals surface area contributed by atoms with Crippen molar-refractivity contribution in [3.8, 4) is 0 Å². The van der Waals surface area contributed by atoms with Crippen molar-refractivity contribution in [2.24, 2.45) is 0 Å². The number of rotatable bonds is 3. The van der Waals surface area contributed by atoms with E-state index in [-0.39, 0.29) is 5.91 Å². The van der Waals surface area contributed by atoms with Crippen molar-refractivity contribution >= 4 is 33.7 Å². The first-order valence-electron chi connectivity index (χ1n) is 7.09. The van der Waals surface area contributed by atoms with Gasteiger partial charge in [-0.15, -0.1) is 22.7 Å². The van der Waals surface area contributed by atoms with Crippen molar-refractivity contribution in [2.75, 3.05) is 4.90 Å². The van der Waals surface area contributed by atoms with Gasteiger partial charge in [0, 0.05) is 16.3 Å². The number of aromatic nitrogens is 1. The highest BCUT2D eigenvalue weighted by atomic mass is 32.1. The van der Waals surface area contributed by atoms with Crippen LogP contribution in [0.4, 0.5) is 5.13 Å². The highest BCUT2D eigenvalue weighted by Crippen LogP contribution is 2.37. The fraction of sp³-hybridized carbons (Fsp3) is 0.467. The molecule has 4 rings (SSSR count). The van der Waals surface area contributed by atoms with Gasteiger partial charge in [0.15, 0.2) is 5.13 Å². The zero-order chi connectivity index (χ0) is 13.7. The van der Waals surface area contributed by atoms with Gasteiger partial charge in [0.05, 0.1) is 10.6 Å². The summed E-state index contributed by atoms with van der Waals surface area (Å²) in [4.78, 5) is 21.6. The molecule has 2 aliphatic rings. The summed E-state index contributed by atoms with van der Waals surface area (Å²) in [6.07, 6.45) is 5.74. The second kappa shape index (κ2) is 4.67. The Morgan fingerprint density at radius 3 is 2.90 bits per heavy atom. The van der Waals surface area contributed by atoms with Crippen LogP contribution in [-0.4, -0.2) is 16.9 Å². The molecule has 20 heavy (non-hydrogen) atoms. The summed E-state index contributed by atoms with van der Waals surface area (Å²) >= 11 is 3.27. The maximum Gasteiger partial charge on any atom is 0.270 e. The number of amides is 1. The summed E-state index contributed by atoms with van der Waals surface area (Å²) < 4.78 is 0. The molecule has 5 heteroatoms. The van der Waals surface area contributed by atoms with E-state index in [1.807, 2.05) is 17.2 Å². The molecular formula is C15H16N2OS2. The molecule has 1 fully saturated rings. The Kier molecular flexibility index (Phi) is 2.93. The van der Waals surface area contributed by atoms with Gasteiger partial charge in [-0.2, -0.15) is 0 Å². The molecule has 0 atom stereocenters. The third kappa shape index (κ3) is 2.09. The lowest BCUT2D eigenvalue weighted by Crippen LogP contribution is -2.32. The fourth-order valence-corrected chi connectivity index (χ4v) is 4.81. The van der Waals surface area contributed by atoms with Gasteiger partial charge in [0.1, 0.15) is 0 Å². The molecule has 0 N–H and O–H groups in total. The lowest BCUT2D eigenvalue weighted by molar-refractivity contribution is 0.0989. The zero-order valence-electron chi connectivity index (χ0n) is 11.4. The minimum atomic E-state index is 0.154. The SMILES string of the molecule is Cc1csc(N(C(=O)c2cc3c(s2)CCC3)C2CC2)n1. The van der Waals surface area contributed by atoms with Gasteiger partial charge in [0.25, 0.3) is 5.91 Å². The van der Waals surface area contributed by atoms with Gasteiger partial charge in [0.2, 0.25) is 0 Å². The minimum absolute atomic E-state index is 0.154. The summed E-state index contributed by atoms with van der Waals surface area (Å²) in [5.41, 5.74) is 2.39. The number of thiazole rings is 1. The monoisotopic (exact) mass is 304 g/mol. The summed E-state index contributed by atoms with van der Waals surface area (Å²) in [7, 11) is 0. The van der Waals surface area contributed by atoms with Crippen molar-refractivity contribution in [1.82, 2.24) is 4.98 Å². The molecule has 0 spiro atoms. The number of anilines is 1. The van der Waals surface area contributed by atoms with Crippen LogP contribution in [0.5, 0.6) is 0 Å². The van der Waals surface area contributed by atoms with E-state index in [9.17, 15) is 4.79 Å². The van der Waals surface area contributed by atoms with E-state index in [0.717, 1.165) is 41.4 Å². The Hall–Kier alpha value is -1.20. The normalized spacial score (nSPS) is 17.2. The molecule has 2 heterocycles. The van der Waals surface area contributed by atoms with Crippen LogP contribution in [0, 0.1) is 6.92 Å². The van der Waals surface area contributed by atoms with Crippen LogP contribution < -0.4 is 4.90 Å². The Morgan fingerprint density at radius 1 is 1.40 bits per heavy atom. The summed E-state index contributed by atoms with van der Waals surface area (Å²) in [6, 6.07) is 2.48. The number of nitrogens with zero attached hydrogens (tertiary/aromatic N) is 2. The molecule has 3 nitrogen and oxygen atoms in total. The molecular weight excluding hydrogens is 288 g/mol. The maximum atomic E-state index is 12.8. The van der Waals surface area contributed by atoms with Crippen LogP contribution in [-0.2, 0) is 12.8 Å². The average molecular weight is 304 g/mol. The molecule has 0 unspecified atom stereocenters. The van der Waals surface area contributed by atoms with E-state index in [0.29, 0.717) is 6.04 Å². The predicted molar refractivity (Wildman–Crippen MR) is 83.0 cm³/mol. The summed E-state index contributed by atoms with van der Waals surface area (Å²) in [5, 5.41) is 2.88. The van der Waals surface area contributed by atoms with E-state index in [1.54, 1.807) is 22.7 Å². The highest BCUT2D eigenvalue weighted by Gasteiger charge is 2.36. The quantitative estimate of drug-likeness (QED) is 0.864. The van der Waals surface area contributed by atoms with Gasteiger partial charge in [-0.05, 0) is 50.7 Å². The molecule has 2 aliphatic carbocycles. The molecule has 104 valence electrons. The molecule has 0 saturated heterocycles. The van der Waals surface area contributed by atoms with Crippen molar-refractivity contribution < 1.29 is 4.79 Å². The van der Waals surface area contributed by atoms with E-state index in [2.05, 4.69) is 11.1 Å². The number of carbonyl (C=O) groups excluding carboxylic acids is 1. The molecule has 2 aromatic rings. The van der Waals surface area contributed by atoms with E-state index in [4.69, 9.17) is 0 Å². The Morgan fingerprint density at radius 2 is 2.25 bits per heavy atom. The van der Waals surface area contributed by atoms with Crippen LogP contribution in [0.25, 0.3) is 0 Å². The first-order valence-corrected chi connectivity index (χ1v) is 8.79. The minimum Gasteiger partial charge on any atom is -0.280 e. The largest absolute Gasteiger partial charge is 0.280 e. The molecule has 0 bridgehead atoms. The number of thiophene rings is 1. The first-order chi connectivity index (χ1) is 9.72. The molecule has 1 amide bonds. The van der Waals surface area contributed by atoms with Crippen LogP contribution in [0.1, 0.15) is 45.1 Å². The fourth-order valence-electron chi connectivity index (χ4n) is 2.75.